The molecule has 1 aliphatic heterocycles. The average molecular weight is 455 g/mol. The summed E-state index contributed by atoms with van der Waals surface area (Å²) in [4.78, 5) is 40.5. The van der Waals surface area contributed by atoms with Crippen molar-refractivity contribution in [1.29, 1.82) is 0 Å². The van der Waals surface area contributed by atoms with Crippen molar-refractivity contribution in [2.24, 2.45) is 0 Å². The molecule has 1 fully saturated rings. The summed E-state index contributed by atoms with van der Waals surface area (Å²) in [6.45, 7) is 0.240. The molecular formula is C15H14Cl3N3O5S. The lowest BCUT2D eigenvalue weighted by atomic mass is 10.3. The maximum atomic E-state index is 12.1. The zero-order valence-electron chi connectivity index (χ0n) is 14.0. The van der Waals surface area contributed by atoms with Crippen LogP contribution in [0.15, 0.2) is 11.1 Å². The topological polar surface area (TPSA) is 112 Å². The Labute approximate surface area is 173 Å². The number of carbonyl (C=O) groups excluding carboxylic acids is 3. The highest BCUT2D eigenvalue weighted by Gasteiger charge is 2.27. The van der Waals surface area contributed by atoms with E-state index < -0.39 is 11.9 Å². The van der Waals surface area contributed by atoms with Crippen LogP contribution in [0.4, 0.5) is 5.69 Å². The highest BCUT2D eigenvalue weighted by atomic mass is 35.5. The van der Waals surface area contributed by atoms with Gasteiger partial charge in [0.2, 0.25) is 5.91 Å². The molecule has 1 saturated heterocycles. The van der Waals surface area contributed by atoms with Crippen molar-refractivity contribution in [3.63, 3.8) is 0 Å². The number of nitrogens with two attached hydrogens (primary N) is 1. The molecule has 0 saturated carbocycles. The number of pyridine rings is 1. The van der Waals surface area contributed by atoms with E-state index in [-0.39, 0.29) is 51.4 Å². The molecular weight excluding hydrogens is 441 g/mol. The molecule has 146 valence electrons. The third-order valence-corrected chi connectivity index (χ3v) is 5.54. The van der Waals surface area contributed by atoms with Crippen molar-refractivity contribution in [2.45, 2.75) is 6.42 Å². The smallest absolute Gasteiger partial charge is 0.358 e. The molecule has 0 atom stereocenters. The van der Waals surface area contributed by atoms with Gasteiger partial charge in [0.15, 0.2) is 10.8 Å². The van der Waals surface area contributed by atoms with Crippen molar-refractivity contribution >= 4 is 70.1 Å². The number of aromatic nitrogens is 1. The second kappa shape index (κ2) is 9.50. The molecule has 0 unspecified atom stereocenters. The molecule has 12 heteroatoms. The van der Waals surface area contributed by atoms with E-state index in [1.54, 1.807) is 0 Å². The Hall–Kier alpha value is -1.68. The lowest BCUT2D eigenvalue weighted by Gasteiger charge is -2.16. The summed E-state index contributed by atoms with van der Waals surface area (Å²) in [5, 5.41) is 0.125. The van der Waals surface area contributed by atoms with Crippen molar-refractivity contribution in [1.82, 2.24) is 9.88 Å². The van der Waals surface area contributed by atoms with Crippen LogP contribution in [0, 0.1) is 0 Å². The predicted octanol–water partition coefficient (Wildman–Crippen LogP) is 2.76. The number of nitrogens with zero attached hydrogens (tertiary/aromatic N) is 2. The fourth-order valence-corrected chi connectivity index (χ4v) is 3.59. The number of halogens is 3. The number of esters is 2. The Morgan fingerprint density at radius 3 is 2.70 bits per heavy atom. The number of hydrogen-bond acceptors (Lipinski definition) is 8. The van der Waals surface area contributed by atoms with Gasteiger partial charge in [-0.25, -0.2) is 14.6 Å². The molecule has 1 aromatic rings. The summed E-state index contributed by atoms with van der Waals surface area (Å²) in [7, 11) is 1.25. The first kappa shape index (κ1) is 21.6. The standard InChI is InChI=1S/C15H14Cl3N3O5S/c1-25-9(23)5-8-21(7(22)6-27-8)3-2-4-26-15(24)13-10(16)12(19)11(17)14(18)20-13/h5H,2-4,6H2,1H3,(H2,19,20)/b8-5+. The van der Waals surface area contributed by atoms with Gasteiger partial charge in [0.1, 0.15) is 5.02 Å². The van der Waals surface area contributed by atoms with E-state index in [0.717, 1.165) is 0 Å². The molecule has 0 spiro atoms. The molecule has 1 aliphatic rings. The zero-order valence-corrected chi connectivity index (χ0v) is 17.0. The van der Waals surface area contributed by atoms with E-state index in [0.29, 0.717) is 11.4 Å². The number of methoxy groups -OCH3 is 1. The molecule has 0 bridgehead atoms. The largest absolute Gasteiger partial charge is 0.466 e. The van der Waals surface area contributed by atoms with Crippen LogP contribution in [-0.2, 0) is 19.1 Å². The van der Waals surface area contributed by atoms with Gasteiger partial charge in [-0.15, -0.1) is 0 Å². The number of nitrogen functional groups attached to an aromatic ring is 1. The molecule has 2 N–H and O–H groups in total. The Morgan fingerprint density at radius 2 is 2.04 bits per heavy atom. The summed E-state index contributed by atoms with van der Waals surface area (Å²) in [5.41, 5.74) is 5.34. The van der Waals surface area contributed by atoms with E-state index in [2.05, 4.69) is 9.72 Å². The van der Waals surface area contributed by atoms with Crippen LogP contribution in [0.25, 0.3) is 0 Å². The third-order valence-electron chi connectivity index (χ3n) is 3.38. The predicted molar refractivity (Wildman–Crippen MR) is 103 cm³/mol. The lowest BCUT2D eigenvalue weighted by molar-refractivity contribution is -0.134. The van der Waals surface area contributed by atoms with Gasteiger partial charge < -0.3 is 20.1 Å². The Morgan fingerprint density at radius 1 is 1.33 bits per heavy atom. The zero-order chi connectivity index (χ0) is 20.1. The Bertz CT molecular complexity index is 818. The monoisotopic (exact) mass is 453 g/mol. The maximum absolute atomic E-state index is 12.1. The van der Waals surface area contributed by atoms with Gasteiger partial charge >= 0.3 is 11.9 Å². The average Bonchev–Trinajstić information content (AvgIpc) is 2.99. The summed E-state index contributed by atoms with van der Waals surface area (Å²) in [5.74, 6) is -1.30. The van der Waals surface area contributed by atoms with Crippen molar-refractivity contribution in [2.75, 3.05) is 31.7 Å². The van der Waals surface area contributed by atoms with Gasteiger partial charge in [0, 0.05) is 6.54 Å². The molecule has 0 aliphatic carbocycles. The van der Waals surface area contributed by atoms with Crippen LogP contribution in [0.5, 0.6) is 0 Å². The second-order valence-corrected chi connectivity index (χ2v) is 7.23. The van der Waals surface area contributed by atoms with Gasteiger partial charge in [0.05, 0.1) is 41.3 Å². The molecule has 1 aromatic heterocycles. The molecule has 2 rings (SSSR count). The summed E-state index contributed by atoms with van der Waals surface area (Å²) < 4.78 is 9.65. The first-order valence-electron chi connectivity index (χ1n) is 7.46. The number of thioether (sulfide) groups is 1. The second-order valence-electron chi connectivity index (χ2n) is 5.12. The number of hydrogen-bond donors (Lipinski definition) is 1. The highest BCUT2D eigenvalue weighted by molar-refractivity contribution is 8.04. The van der Waals surface area contributed by atoms with Crippen LogP contribution < -0.4 is 5.73 Å². The van der Waals surface area contributed by atoms with Crippen LogP contribution in [0.3, 0.4) is 0 Å². The van der Waals surface area contributed by atoms with E-state index in [4.69, 9.17) is 45.3 Å². The normalized spacial score (nSPS) is 15.3. The van der Waals surface area contributed by atoms with Crippen LogP contribution >= 0.6 is 46.6 Å². The Balaban J connectivity index is 1.93. The fraction of sp³-hybridized carbons (Fsp3) is 0.333. The van der Waals surface area contributed by atoms with Crippen molar-refractivity contribution in [3.05, 3.63) is 32.0 Å². The van der Waals surface area contributed by atoms with E-state index >= 15 is 0 Å². The molecule has 27 heavy (non-hydrogen) atoms. The minimum absolute atomic E-state index is 0.0169. The summed E-state index contributed by atoms with van der Waals surface area (Å²) in [6.07, 6.45) is 1.56. The van der Waals surface area contributed by atoms with E-state index in [1.165, 1.54) is 29.8 Å². The summed E-state index contributed by atoms with van der Waals surface area (Å²) >= 11 is 18.8. The molecule has 1 amide bonds. The van der Waals surface area contributed by atoms with Crippen molar-refractivity contribution in [3.8, 4) is 0 Å². The minimum atomic E-state index is -0.822. The number of anilines is 1. The first-order chi connectivity index (χ1) is 12.8. The van der Waals surface area contributed by atoms with Gasteiger partial charge in [-0.3, -0.25) is 4.79 Å². The van der Waals surface area contributed by atoms with E-state index in [1.807, 2.05) is 0 Å². The summed E-state index contributed by atoms with van der Waals surface area (Å²) in [6, 6.07) is 0. The SMILES string of the molecule is COC(=O)/C=C1/SCC(=O)N1CCCOC(=O)c1nc(Cl)c(Cl)c(N)c1Cl. The van der Waals surface area contributed by atoms with Gasteiger partial charge in [-0.1, -0.05) is 46.6 Å². The van der Waals surface area contributed by atoms with Crippen LogP contribution in [0.2, 0.25) is 15.2 Å². The van der Waals surface area contributed by atoms with Crippen LogP contribution in [0.1, 0.15) is 16.9 Å². The Kier molecular flexibility index (Phi) is 7.60. The number of rotatable bonds is 6. The van der Waals surface area contributed by atoms with Gasteiger partial charge in [-0.2, -0.15) is 0 Å². The van der Waals surface area contributed by atoms with Gasteiger partial charge in [-0.05, 0) is 6.42 Å². The number of amides is 1. The van der Waals surface area contributed by atoms with E-state index in [9.17, 15) is 14.4 Å². The lowest BCUT2D eigenvalue weighted by Crippen LogP contribution is -2.27. The maximum Gasteiger partial charge on any atom is 0.358 e. The van der Waals surface area contributed by atoms with Gasteiger partial charge in [0.25, 0.3) is 0 Å². The number of ether oxygens (including phenoxy) is 2. The van der Waals surface area contributed by atoms with Crippen molar-refractivity contribution < 1.29 is 23.9 Å². The fourth-order valence-electron chi connectivity index (χ4n) is 2.05. The third kappa shape index (κ3) is 5.19. The molecule has 2 heterocycles. The number of carbonyl (C=O) groups is 3. The minimum Gasteiger partial charge on any atom is -0.466 e. The molecule has 0 radical (unpaired) electrons. The molecule has 8 nitrogen and oxygen atoms in total. The highest BCUT2D eigenvalue weighted by Crippen LogP contribution is 2.34. The van der Waals surface area contributed by atoms with Crippen LogP contribution in [-0.4, -0.2) is 53.7 Å². The molecule has 0 aromatic carbocycles. The first-order valence-corrected chi connectivity index (χ1v) is 9.58. The quantitative estimate of drug-likeness (QED) is 0.302.